The highest BCUT2D eigenvalue weighted by atomic mass is 35.5. The molecule has 17 heterocycles. The number of morpholine rings is 1. The molecular formula is C95H90Cl5N11O16. The molecule has 2 fully saturated rings. The number of halogens is 5. The average molecular weight is 1820 g/mol. The molecule has 5 atom stereocenters. The summed E-state index contributed by atoms with van der Waals surface area (Å²) < 4.78 is 43.6. The molecular weight excluding hydrogens is 1730 g/mol. The summed E-state index contributed by atoms with van der Waals surface area (Å²) in [5, 5.41) is 13.5. The van der Waals surface area contributed by atoms with Crippen LogP contribution in [-0.4, -0.2) is 118 Å². The summed E-state index contributed by atoms with van der Waals surface area (Å²) in [6.45, 7) is 17.4. The van der Waals surface area contributed by atoms with Crippen molar-refractivity contribution < 1.29 is 76.3 Å². The summed E-state index contributed by atoms with van der Waals surface area (Å²) in [5.41, 5.74) is 17.3. The number of benzene rings is 4. The molecule has 0 aliphatic carbocycles. The van der Waals surface area contributed by atoms with Crippen LogP contribution >= 0.6 is 58.0 Å². The standard InChI is InChI=1S/C21H21N3O3.2C17H13ClN2O2.2C9H8ClNO2.C8H7NO.C6H4ClNO2.C5H10O.C3H6O/c1-2-17-14-11-18(24-7-9-26-10-8-24)22-12-15(14)20(27-17)19-13-5-3-4-6-16(13)23-21(19)25;2*1-2-13-10-7-14(18)19-8-11(10)16(22-13)15-9-5-3-4-6-12(9)20-17(15)21;2*1-2-7-5-3-8(10)11-4-6(5)9(12)13-7;10-8-5-6-3-1-2-4-7(6)9-8;7-6-2-1-5(3-8-6)10-4-9;1-2-4-6-5-3-1;1-2-3-4/h3-6,11-12,17H,2,7-10H2,1H3,(H,23,25);2*3-8,13H,2H2,1H3,(H,20,21);2*3-4,7H,2H2,1H3;1-4H,5H2,(H,9,10);1-4H;1-5H2;3H,2H2,1H3/b20-19+;2*16-15+;;;;;;. The number of nitrogens with one attached hydrogen (secondary N) is 4. The maximum atomic E-state index is 12.6. The van der Waals surface area contributed by atoms with Crippen molar-refractivity contribution in [1.29, 1.82) is 0 Å². The molecule has 656 valence electrons. The fourth-order valence-corrected chi connectivity index (χ4v) is 16.0. The first-order valence-corrected chi connectivity index (χ1v) is 43.5. The van der Waals surface area contributed by atoms with Crippen molar-refractivity contribution in [3.8, 4) is 5.75 Å². The van der Waals surface area contributed by atoms with E-state index in [9.17, 15) is 38.4 Å². The number of cyclic esters (lactones) is 2. The average Bonchev–Trinajstić information content (AvgIpc) is 1.61. The summed E-state index contributed by atoms with van der Waals surface area (Å²) in [5.74, 6) is 2.25. The molecule has 0 bridgehead atoms. The van der Waals surface area contributed by atoms with Crippen molar-refractivity contribution in [1.82, 2.24) is 29.9 Å². The van der Waals surface area contributed by atoms with Crippen LogP contribution in [0, 0.1) is 0 Å². The molecule has 4 aromatic carbocycles. The number of carbonyl (C=O) groups is 8. The number of pyridine rings is 6. The van der Waals surface area contributed by atoms with Gasteiger partial charge in [0.15, 0.2) is 0 Å². The van der Waals surface area contributed by atoms with Crippen LogP contribution in [-0.2, 0) is 68.3 Å². The van der Waals surface area contributed by atoms with E-state index in [1.54, 1.807) is 36.7 Å². The van der Waals surface area contributed by atoms with Gasteiger partial charge in [0.05, 0.1) is 53.7 Å². The fraction of sp³-hybridized carbons (Fsp3) is 0.284. The zero-order valence-corrected chi connectivity index (χ0v) is 73.9. The Morgan fingerprint density at radius 2 is 0.740 bits per heavy atom. The molecule has 0 saturated carbocycles. The molecule has 10 aromatic rings. The summed E-state index contributed by atoms with van der Waals surface area (Å²) in [6, 6.07) is 42.9. The van der Waals surface area contributed by atoms with Crippen LogP contribution in [0.15, 0.2) is 177 Å². The molecule has 2 saturated heterocycles. The van der Waals surface area contributed by atoms with Crippen molar-refractivity contribution in [2.75, 3.05) is 65.7 Å². The van der Waals surface area contributed by atoms with Crippen LogP contribution < -0.4 is 30.9 Å². The lowest BCUT2D eigenvalue weighted by molar-refractivity contribution is -0.121. The Morgan fingerprint density at radius 3 is 1.10 bits per heavy atom. The van der Waals surface area contributed by atoms with Gasteiger partial charge >= 0.3 is 11.9 Å². The van der Waals surface area contributed by atoms with Crippen molar-refractivity contribution in [2.24, 2.45) is 0 Å². The number of carbonyl (C=O) groups excluding carboxylic acids is 8. The number of aromatic nitrogens is 6. The van der Waals surface area contributed by atoms with E-state index in [2.05, 4.69) is 73.8 Å². The van der Waals surface area contributed by atoms with Crippen molar-refractivity contribution in [3.63, 3.8) is 0 Å². The summed E-state index contributed by atoms with van der Waals surface area (Å²) in [6.07, 6.45) is 18.9. The Labute approximate surface area is 758 Å². The molecule has 11 aliphatic heterocycles. The summed E-state index contributed by atoms with van der Waals surface area (Å²) in [7, 11) is 0. The number of hydrogen-bond acceptors (Lipinski definition) is 23. The van der Waals surface area contributed by atoms with Crippen LogP contribution in [0.3, 0.4) is 0 Å². The number of amides is 4. The first kappa shape index (κ1) is 92.2. The number of hydrogen-bond donors (Lipinski definition) is 4. The highest BCUT2D eigenvalue weighted by molar-refractivity contribution is 6.38. The second-order valence-electron chi connectivity index (χ2n) is 29.5. The van der Waals surface area contributed by atoms with Gasteiger partial charge in [-0.3, -0.25) is 24.0 Å². The smallest absolute Gasteiger partial charge is 0.340 e. The molecule has 6 aromatic heterocycles. The summed E-state index contributed by atoms with van der Waals surface area (Å²) in [4.78, 5) is 116. The maximum Gasteiger partial charge on any atom is 0.340 e. The SMILES string of the molecule is C1CCOCC1.CCC1O/C(=C2/C(=O)Nc3ccccc32)c2cnc(Cl)cc21.CCC1O/C(=C2/C(=O)Nc3ccccc32)c2cnc(Cl)cc21.CCC1O/C(=C2/C(=O)Nc3ccccc32)c2cnc(N3CCOCC3)cc21.CCC1OC(=O)c2cnc(Cl)cc21.CCC1OC(=O)c2cnc(Cl)cc21.CCC=O.O=C1Cc2ccccc2N1.O=COc1ccc(Cl)nc1. The van der Waals surface area contributed by atoms with E-state index in [1.165, 1.54) is 37.9 Å². The Bertz CT molecular complexity index is 5640. The topological polar surface area (TPSA) is 339 Å². The van der Waals surface area contributed by atoms with Gasteiger partial charge in [-0.05, 0) is 124 Å². The van der Waals surface area contributed by atoms with E-state index in [0.29, 0.717) is 96.0 Å². The van der Waals surface area contributed by atoms with Gasteiger partial charge in [0, 0.05) is 148 Å². The van der Waals surface area contributed by atoms with Crippen LogP contribution in [0.5, 0.6) is 5.75 Å². The highest BCUT2D eigenvalue weighted by Crippen LogP contribution is 2.51. The molecule has 127 heavy (non-hydrogen) atoms. The zero-order valence-electron chi connectivity index (χ0n) is 70.2. The van der Waals surface area contributed by atoms with Gasteiger partial charge < -0.3 is 68.9 Å². The quantitative estimate of drug-likeness (QED) is 0.0451. The third-order valence-electron chi connectivity index (χ3n) is 21.4. The first-order valence-electron chi connectivity index (χ1n) is 41.6. The number of anilines is 5. The van der Waals surface area contributed by atoms with Crippen molar-refractivity contribution >= 4 is 169 Å². The number of ether oxygens (including phenoxy) is 8. The largest absolute Gasteiger partial charge is 0.484 e. The van der Waals surface area contributed by atoms with E-state index in [1.807, 2.05) is 150 Å². The van der Waals surface area contributed by atoms with E-state index in [4.69, 9.17) is 91.2 Å². The monoisotopic (exact) mass is 1820 g/mol. The molecule has 4 N–H and O–H groups in total. The van der Waals surface area contributed by atoms with Crippen LogP contribution in [0.1, 0.15) is 217 Å². The van der Waals surface area contributed by atoms with Crippen LogP contribution in [0.4, 0.5) is 28.6 Å². The predicted molar refractivity (Wildman–Crippen MR) is 485 cm³/mol. The molecule has 27 nitrogen and oxygen atoms in total. The lowest BCUT2D eigenvalue weighted by Gasteiger charge is -2.28. The van der Waals surface area contributed by atoms with E-state index < -0.39 is 0 Å². The van der Waals surface area contributed by atoms with E-state index in [-0.39, 0.29) is 66.1 Å². The normalized spacial score (nSPS) is 19.9. The number of nitrogens with zero attached hydrogens (tertiary/aromatic N) is 7. The minimum atomic E-state index is -0.300. The highest BCUT2D eigenvalue weighted by Gasteiger charge is 2.41. The van der Waals surface area contributed by atoms with Crippen molar-refractivity contribution in [3.05, 3.63) is 280 Å². The Morgan fingerprint density at radius 1 is 0.386 bits per heavy atom. The number of aldehydes is 1. The molecule has 0 radical (unpaired) electrons. The van der Waals surface area contributed by atoms with Gasteiger partial charge in [0.25, 0.3) is 24.2 Å². The predicted octanol–water partition coefficient (Wildman–Crippen LogP) is 20.2. The van der Waals surface area contributed by atoms with E-state index in [0.717, 1.165) is 173 Å². The summed E-state index contributed by atoms with van der Waals surface area (Å²) >= 11 is 28.9. The number of para-hydroxylation sites is 4. The minimum absolute atomic E-state index is 0.0640. The lowest BCUT2D eigenvalue weighted by Crippen LogP contribution is -2.36. The fourth-order valence-electron chi connectivity index (χ4n) is 15.2. The first-order chi connectivity index (χ1) is 61.7. The Balaban J connectivity index is 0.000000128. The molecule has 21 rings (SSSR count). The van der Waals surface area contributed by atoms with Crippen molar-refractivity contribution in [2.45, 2.75) is 136 Å². The third-order valence-corrected chi connectivity index (χ3v) is 22.4. The van der Waals surface area contributed by atoms with Crippen LogP contribution in [0.25, 0.3) is 34.0 Å². The third kappa shape index (κ3) is 21.8. The number of fused-ring (bicyclic) bond motifs is 9. The molecule has 11 aliphatic rings. The Kier molecular flexibility index (Phi) is 31.7. The molecule has 32 heteroatoms. The second kappa shape index (κ2) is 43.6. The number of rotatable bonds is 9. The second-order valence-corrected chi connectivity index (χ2v) is 31.5. The number of esters is 2. The maximum absolute atomic E-state index is 12.6. The lowest BCUT2D eigenvalue weighted by atomic mass is 10.00. The van der Waals surface area contributed by atoms with Gasteiger partial charge in [-0.15, -0.1) is 0 Å². The van der Waals surface area contributed by atoms with Crippen LogP contribution in [0.2, 0.25) is 25.8 Å². The molecule has 0 spiro atoms. The molecule has 5 unspecified atom stereocenters. The van der Waals surface area contributed by atoms with Gasteiger partial charge in [-0.25, -0.2) is 39.5 Å². The Hall–Kier alpha value is -12.5. The van der Waals surface area contributed by atoms with Gasteiger partial charge in [-0.2, -0.15) is 0 Å². The van der Waals surface area contributed by atoms with Gasteiger partial charge in [0.2, 0.25) is 5.91 Å². The minimum Gasteiger partial charge on any atom is -0.484 e. The van der Waals surface area contributed by atoms with Gasteiger partial charge in [-0.1, -0.05) is 172 Å². The molecule has 4 amide bonds. The zero-order chi connectivity index (χ0) is 89.8. The van der Waals surface area contributed by atoms with Gasteiger partial charge in [0.1, 0.15) is 91.4 Å². The van der Waals surface area contributed by atoms with E-state index >= 15 is 0 Å².